The first-order valence-corrected chi connectivity index (χ1v) is 9.75. The molecule has 0 aliphatic rings. The summed E-state index contributed by atoms with van der Waals surface area (Å²) < 4.78 is 15.8. The Labute approximate surface area is 159 Å². The molecule has 0 spiro atoms. The summed E-state index contributed by atoms with van der Waals surface area (Å²) in [6, 6.07) is 20.8. The highest BCUT2D eigenvalue weighted by molar-refractivity contribution is 7.22. The number of hydrogen-bond acceptors (Lipinski definition) is 3. The van der Waals surface area contributed by atoms with Gasteiger partial charge in [0, 0.05) is 16.2 Å². The topological polar surface area (TPSA) is 30.2 Å². The van der Waals surface area contributed by atoms with Crippen LogP contribution in [0, 0.1) is 6.92 Å². The number of aryl methyl sites for hydroxylation is 2. The van der Waals surface area contributed by atoms with Crippen LogP contribution >= 0.6 is 11.3 Å². The fraction of sp³-hybridized carbons (Fsp3) is 0.0870. The summed E-state index contributed by atoms with van der Waals surface area (Å²) in [5, 5.41) is 4.62. The van der Waals surface area contributed by atoms with Gasteiger partial charge in [0.1, 0.15) is 23.8 Å². The van der Waals surface area contributed by atoms with Crippen molar-refractivity contribution in [2.75, 3.05) is 0 Å². The van der Waals surface area contributed by atoms with E-state index in [9.17, 15) is 0 Å². The van der Waals surface area contributed by atoms with Crippen LogP contribution in [0.1, 0.15) is 5.56 Å². The van der Waals surface area contributed by atoms with Crippen molar-refractivity contribution >= 4 is 54.7 Å². The summed E-state index contributed by atoms with van der Waals surface area (Å²) in [7, 11) is 2.07. The molecule has 0 atom stereocenters. The summed E-state index contributed by atoms with van der Waals surface area (Å²) in [5.74, 6) is 0. The van der Waals surface area contributed by atoms with Crippen molar-refractivity contribution in [3.8, 4) is 10.6 Å². The predicted octanol–water partition coefficient (Wildman–Crippen LogP) is 6.35. The molecule has 6 aromatic rings. The maximum Gasteiger partial charge on any atom is 0.393 e. The molecule has 0 saturated heterocycles. The summed E-state index contributed by atoms with van der Waals surface area (Å²) in [4.78, 5) is 0. The molecule has 0 aliphatic heterocycles. The Balaban J connectivity index is 1.74. The maximum absolute atomic E-state index is 6.30. The van der Waals surface area contributed by atoms with Crippen molar-refractivity contribution < 1.29 is 13.4 Å². The molecule has 6 rings (SSSR count). The predicted molar refractivity (Wildman–Crippen MR) is 110 cm³/mol. The molecule has 27 heavy (non-hydrogen) atoms. The first-order chi connectivity index (χ1) is 13.2. The summed E-state index contributed by atoms with van der Waals surface area (Å²) >= 11 is 1.76. The number of aromatic nitrogens is 1. The Bertz CT molecular complexity index is 1500. The van der Waals surface area contributed by atoms with Gasteiger partial charge in [-0.25, -0.2) is 0 Å². The first-order valence-electron chi connectivity index (χ1n) is 8.93. The zero-order chi connectivity index (χ0) is 18.1. The molecule has 0 fully saturated rings. The van der Waals surface area contributed by atoms with Crippen molar-refractivity contribution in [2.24, 2.45) is 7.05 Å². The fourth-order valence-corrected chi connectivity index (χ4v) is 5.27. The van der Waals surface area contributed by atoms with E-state index in [-0.39, 0.29) is 0 Å². The number of nitrogens with zero attached hydrogens (tertiary/aromatic N) is 1. The van der Waals surface area contributed by atoms with Crippen LogP contribution in [0.15, 0.2) is 69.5 Å². The number of thiazole rings is 1. The van der Waals surface area contributed by atoms with Gasteiger partial charge in [-0.1, -0.05) is 53.8 Å². The van der Waals surface area contributed by atoms with Gasteiger partial charge in [-0.2, -0.15) is 4.57 Å². The number of hydrogen-bond donors (Lipinski definition) is 0. The largest absolute Gasteiger partial charge is 0.455 e. The van der Waals surface area contributed by atoms with Gasteiger partial charge in [-0.05, 0) is 30.7 Å². The van der Waals surface area contributed by atoms with Crippen LogP contribution in [0.3, 0.4) is 0 Å². The minimum absolute atomic E-state index is 0.906. The van der Waals surface area contributed by atoms with E-state index < -0.39 is 0 Å². The maximum atomic E-state index is 6.30. The van der Waals surface area contributed by atoms with Crippen molar-refractivity contribution in [3.05, 3.63) is 66.2 Å². The molecule has 4 heteroatoms. The molecular formula is C23H16NO2S+. The van der Waals surface area contributed by atoms with Crippen molar-refractivity contribution in [3.63, 3.8) is 0 Å². The number of fused-ring (bicyclic) bond motifs is 6. The van der Waals surface area contributed by atoms with Gasteiger partial charge in [-0.3, -0.25) is 0 Å². The molecule has 0 N–H and O–H groups in total. The molecule has 0 bridgehead atoms. The van der Waals surface area contributed by atoms with Crippen LogP contribution in [0.25, 0.3) is 53.9 Å². The molecule has 3 aromatic heterocycles. The highest BCUT2D eigenvalue weighted by atomic mass is 32.1. The van der Waals surface area contributed by atoms with Gasteiger partial charge in [0.25, 0.3) is 5.01 Å². The third-order valence-corrected chi connectivity index (χ3v) is 6.58. The average molecular weight is 370 g/mol. The van der Waals surface area contributed by atoms with Crippen LogP contribution in [-0.4, -0.2) is 0 Å². The third-order valence-electron chi connectivity index (χ3n) is 5.31. The number of benzene rings is 3. The van der Waals surface area contributed by atoms with E-state index in [0.29, 0.717) is 0 Å². The second-order valence-corrected chi connectivity index (χ2v) is 7.93. The van der Waals surface area contributed by atoms with Gasteiger partial charge in [0.15, 0.2) is 10.3 Å². The molecule has 3 heterocycles. The first kappa shape index (κ1) is 15.0. The van der Waals surface area contributed by atoms with E-state index in [2.05, 4.69) is 54.9 Å². The average Bonchev–Trinajstić information content (AvgIpc) is 3.33. The number of rotatable bonds is 1. The zero-order valence-corrected chi connectivity index (χ0v) is 15.8. The van der Waals surface area contributed by atoms with Gasteiger partial charge < -0.3 is 8.83 Å². The normalized spacial score (nSPS) is 12.1. The lowest BCUT2D eigenvalue weighted by atomic mass is 10.0. The van der Waals surface area contributed by atoms with Crippen LogP contribution in [0.2, 0.25) is 0 Å². The van der Waals surface area contributed by atoms with Gasteiger partial charge in [0.05, 0.1) is 0 Å². The van der Waals surface area contributed by atoms with E-state index in [1.807, 2.05) is 24.3 Å². The molecule has 0 saturated carbocycles. The second-order valence-electron chi connectivity index (χ2n) is 6.93. The van der Waals surface area contributed by atoms with E-state index in [1.165, 1.54) is 10.3 Å². The van der Waals surface area contributed by atoms with Crippen LogP contribution < -0.4 is 4.57 Å². The minimum Gasteiger partial charge on any atom is -0.455 e. The SMILES string of the molecule is Cc1ccc2c(oc3ccccc32)c1-c1sc2c3ccccc3oc2[n+]1C. The highest BCUT2D eigenvalue weighted by Gasteiger charge is 2.28. The van der Waals surface area contributed by atoms with Crippen LogP contribution in [-0.2, 0) is 7.05 Å². The molecule has 3 nitrogen and oxygen atoms in total. The van der Waals surface area contributed by atoms with E-state index in [0.717, 1.165) is 49.2 Å². The van der Waals surface area contributed by atoms with Gasteiger partial charge in [0.2, 0.25) is 0 Å². The van der Waals surface area contributed by atoms with Crippen LogP contribution in [0.5, 0.6) is 0 Å². The molecular weight excluding hydrogens is 354 g/mol. The fourth-order valence-electron chi connectivity index (χ4n) is 3.96. The lowest BCUT2D eigenvalue weighted by molar-refractivity contribution is -0.636. The Morgan fingerprint density at radius 1 is 0.778 bits per heavy atom. The molecule has 0 aliphatic carbocycles. The number of para-hydroxylation sites is 2. The standard InChI is InChI=1S/C23H16NO2S/c1-13-11-12-15-14-7-3-5-9-17(14)25-20(15)19(13)23-24(2)22-21(27-23)16-8-4-6-10-18(16)26-22/h3-12H,1-2H3/q+1. The Hall–Kier alpha value is -3.11. The van der Waals surface area contributed by atoms with E-state index in [1.54, 1.807) is 11.3 Å². The molecule has 0 radical (unpaired) electrons. The Morgan fingerprint density at radius 3 is 2.30 bits per heavy atom. The Kier molecular flexibility index (Phi) is 2.89. The van der Waals surface area contributed by atoms with E-state index in [4.69, 9.17) is 8.83 Å². The third kappa shape index (κ3) is 1.93. The summed E-state index contributed by atoms with van der Waals surface area (Å²) in [5.41, 5.74) is 6.05. The van der Waals surface area contributed by atoms with Crippen molar-refractivity contribution in [2.45, 2.75) is 6.92 Å². The number of furan rings is 2. The smallest absolute Gasteiger partial charge is 0.393 e. The zero-order valence-electron chi connectivity index (χ0n) is 14.9. The van der Waals surface area contributed by atoms with Gasteiger partial charge in [-0.15, -0.1) is 0 Å². The van der Waals surface area contributed by atoms with Crippen molar-refractivity contribution in [1.82, 2.24) is 0 Å². The van der Waals surface area contributed by atoms with Crippen LogP contribution in [0.4, 0.5) is 0 Å². The lowest BCUT2D eigenvalue weighted by Crippen LogP contribution is -2.28. The second kappa shape index (κ2) is 5.21. The lowest BCUT2D eigenvalue weighted by Gasteiger charge is -2.01. The molecule has 0 amide bonds. The molecule has 130 valence electrons. The quantitative estimate of drug-likeness (QED) is 0.316. The highest BCUT2D eigenvalue weighted by Crippen LogP contribution is 2.41. The summed E-state index contributed by atoms with van der Waals surface area (Å²) in [6.07, 6.45) is 0. The minimum atomic E-state index is 0.906. The Morgan fingerprint density at radius 2 is 1.48 bits per heavy atom. The van der Waals surface area contributed by atoms with E-state index >= 15 is 0 Å². The van der Waals surface area contributed by atoms with Gasteiger partial charge >= 0.3 is 5.71 Å². The van der Waals surface area contributed by atoms with Crippen molar-refractivity contribution in [1.29, 1.82) is 0 Å². The molecule has 0 unspecified atom stereocenters. The monoisotopic (exact) mass is 370 g/mol. The molecule has 3 aromatic carbocycles. The summed E-state index contributed by atoms with van der Waals surface area (Å²) in [6.45, 7) is 2.14.